The van der Waals surface area contributed by atoms with Crippen molar-refractivity contribution in [1.29, 1.82) is 0 Å². The number of benzene rings is 1. The molecule has 0 saturated carbocycles. The van der Waals surface area contributed by atoms with Crippen molar-refractivity contribution in [1.82, 2.24) is 4.90 Å². The van der Waals surface area contributed by atoms with Gasteiger partial charge in [-0.3, -0.25) is 9.69 Å². The minimum atomic E-state index is -0.437. The number of esters is 1. The molecule has 1 unspecified atom stereocenters. The summed E-state index contributed by atoms with van der Waals surface area (Å²) < 4.78 is 4.82. The zero-order valence-corrected chi connectivity index (χ0v) is 15.3. The third-order valence-electron chi connectivity index (χ3n) is 4.67. The highest BCUT2D eigenvalue weighted by atomic mass is 32.1. The first-order valence-corrected chi connectivity index (χ1v) is 9.26. The first-order chi connectivity index (χ1) is 12.1. The molecule has 2 aromatic rings. The van der Waals surface area contributed by atoms with Crippen molar-refractivity contribution in [2.75, 3.05) is 32.1 Å². The Balaban J connectivity index is 1.74. The molecule has 1 aromatic heterocycles. The molecule has 1 aliphatic rings. The molecule has 1 saturated heterocycles. The number of carbonyl (C=O) groups excluding carboxylic acids is 2. The van der Waals surface area contributed by atoms with E-state index in [4.69, 9.17) is 4.74 Å². The Morgan fingerprint density at radius 1 is 1.32 bits per heavy atom. The van der Waals surface area contributed by atoms with Crippen LogP contribution in [-0.4, -0.2) is 44.0 Å². The van der Waals surface area contributed by atoms with Crippen molar-refractivity contribution in [3.63, 3.8) is 0 Å². The van der Waals surface area contributed by atoms with E-state index in [0.717, 1.165) is 19.4 Å². The molecule has 1 aromatic carbocycles. The van der Waals surface area contributed by atoms with E-state index in [1.165, 1.54) is 12.7 Å². The fourth-order valence-electron chi connectivity index (χ4n) is 3.32. The van der Waals surface area contributed by atoms with Gasteiger partial charge in [0.05, 0.1) is 24.9 Å². The van der Waals surface area contributed by atoms with Crippen LogP contribution >= 0.6 is 11.3 Å². The molecule has 0 N–H and O–H groups in total. The molecule has 1 aliphatic heterocycles. The van der Waals surface area contributed by atoms with E-state index >= 15 is 0 Å². The minimum absolute atomic E-state index is 0.0292. The lowest BCUT2D eigenvalue weighted by Gasteiger charge is -2.27. The van der Waals surface area contributed by atoms with Gasteiger partial charge in [0.15, 0.2) is 0 Å². The summed E-state index contributed by atoms with van der Waals surface area (Å²) in [5.41, 5.74) is 2.26. The lowest BCUT2D eigenvalue weighted by atomic mass is 10.1. The largest absolute Gasteiger partial charge is 0.465 e. The SMILES string of the molecule is COC(=O)c1ccccc1N(C)C(=O)CN1CCCC1c1ccsc1. The number of ether oxygens (including phenoxy) is 1. The summed E-state index contributed by atoms with van der Waals surface area (Å²) in [6.45, 7) is 1.26. The van der Waals surface area contributed by atoms with Crippen molar-refractivity contribution in [2.45, 2.75) is 18.9 Å². The lowest BCUT2D eigenvalue weighted by molar-refractivity contribution is -0.119. The molecule has 5 nitrogen and oxygen atoms in total. The maximum absolute atomic E-state index is 12.8. The fourth-order valence-corrected chi connectivity index (χ4v) is 4.03. The Bertz CT molecular complexity index is 745. The standard InChI is InChI=1S/C19H22N2O3S/c1-20(17-7-4-3-6-15(17)19(23)24-2)18(22)12-21-10-5-8-16(21)14-9-11-25-13-14/h3-4,6-7,9,11,13,16H,5,8,10,12H2,1-2H3. The first-order valence-electron chi connectivity index (χ1n) is 8.32. The highest BCUT2D eigenvalue weighted by molar-refractivity contribution is 7.07. The molecule has 0 radical (unpaired) electrons. The number of anilines is 1. The van der Waals surface area contributed by atoms with E-state index in [1.54, 1.807) is 41.5 Å². The lowest BCUT2D eigenvalue weighted by Crippen LogP contribution is -2.38. The van der Waals surface area contributed by atoms with Crippen molar-refractivity contribution >= 4 is 28.9 Å². The van der Waals surface area contributed by atoms with Crippen molar-refractivity contribution < 1.29 is 14.3 Å². The predicted molar refractivity (Wildman–Crippen MR) is 99.1 cm³/mol. The molecule has 0 spiro atoms. The Hall–Kier alpha value is -2.18. The van der Waals surface area contributed by atoms with Gasteiger partial charge in [-0.15, -0.1) is 0 Å². The molecular formula is C19H22N2O3S. The topological polar surface area (TPSA) is 49.9 Å². The summed E-state index contributed by atoms with van der Waals surface area (Å²) in [5.74, 6) is -0.467. The predicted octanol–water partition coefficient (Wildman–Crippen LogP) is 3.33. The summed E-state index contributed by atoms with van der Waals surface area (Å²) in [6, 6.07) is 9.46. The number of likely N-dealkylation sites (N-methyl/N-ethyl adjacent to an activating group) is 1. The molecule has 1 fully saturated rings. The molecule has 0 aliphatic carbocycles. The molecule has 132 valence electrons. The van der Waals surface area contributed by atoms with Crippen LogP contribution in [0, 0.1) is 0 Å². The van der Waals surface area contributed by atoms with Gasteiger partial charge in [0, 0.05) is 13.1 Å². The van der Waals surface area contributed by atoms with Crippen LogP contribution in [0.5, 0.6) is 0 Å². The number of likely N-dealkylation sites (tertiary alicyclic amines) is 1. The van der Waals surface area contributed by atoms with Gasteiger partial charge in [0.1, 0.15) is 0 Å². The number of thiophene rings is 1. The fraction of sp³-hybridized carbons (Fsp3) is 0.368. The number of hydrogen-bond acceptors (Lipinski definition) is 5. The van der Waals surface area contributed by atoms with Gasteiger partial charge in [-0.25, -0.2) is 4.79 Å². The van der Waals surface area contributed by atoms with Crippen LogP contribution in [0.25, 0.3) is 0 Å². The van der Waals surface area contributed by atoms with Gasteiger partial charge < -0.3 is 9.64 Å². The van der Waals surface area contributed by atoms with Crippen LogP contribution in [0.4, 0.5) is 5.69 Å². The Kier molecular flexibility index (Phi) is 5.50. The van der Waals surface area contributed by atoms with Crippen molar-refractivity contribution in [3.8, 4) is 0 Å². The number of carbonyl (C=O) groups is 2. The number of rotatable bonds is 5. The van der Waals surface area contributed by atoms with Crippen LogP contribution in [0.2, 0.25) is 0 Å². The Morgan fingerprint density at radius 2 is 2.12 bits per heavy atom. The zero-order valence-electron chi connectivity index (χ0n) is 14.5. The normalized spacial score (nSPS) is 17.4. The van der Waals surface area contributed by atoms with Gasteiger partial charge in [-0.1, -0.05) is 12.1 Å². The molecule has 6 heteroatoms. The van der Waals surface area contributed by atoms with Gasteiger partial charge in [-0.05, 0) is 53.9 Å². The highest BCUT2D eigenvalue weighted by Crippen LogP contribution is 2.33. The average Bonchev–Trinajstić information content (AvgIpc) is 3.31. The molecule has 0 bridgehead atoms. The second-order valence-electron chi connectivity index (χ2n) is 6.15. The Morgan fingerprint density at radius 3 is 2.84 bits per heavy atom. The second kappa shape index (κ2) is 7.80. The molecule has 1 amide bonds. The molecular weight excluding hydrogens is 336 g/mol. The van der Waals surface area contributed by atoms with Gasteiger partial charge >= 0.3 is 5.97 Å². The van der Waals surface area contributed by atoms with Crippen LogP contribution < -0.4 is 4.90 Å². The van der Waals surface area contributed by atoms with E-state index in [1.807, 2.05) is 6.07 Å². The van der Waals surface area contributed by atoms with E-state index in [-0.39, 0.29) is 5.91 Å². The van der Waals surface area contributed by atoms with Crippen LogP contribution in [0.15, 0.2) is 41.1 Å². The average molecular weight is 358 g/mol. The molecule has 25 heavy (non-hydrogen) atoms. The second-order valence-corrected chi connectivity index (χ2v) is 6.93. The summed E-state index contributed by atoms with van der Waals surface area (Å²) in [4.78, 5) is 28.5. The molecule has 1 atom stereocenters. The third kappa shape index (κ3) is 3.75. The number of nitrogens with zero attached hydrogens (tertiary/aromatic N) is 2. The smallest absolute Gasteiger partial charge is 0.339 e. The molecule has 2 heterocycles. The number of methoxy groups -OCH3 is 1. The number of para-hydroxylation sites is 1. The van der Waals surface area contributed by atoms with Gasteiger partial charge in [-0.2, -0.15) is 11.3 Å². The summed E-state index contributed by atoms with van der Waals surface area (Å²) in [5, 5.41) is 4.23. The maximum Gasteiger partial charge on any atom is 0.339 e. The summed E-state index contributed by atoms with van der Waals surface area (Å²) in [7, 11) is 3.05. The number of amides is 1. The van der Waals surface area contributed by atoms with Crippen LogP contribution in [-0.2, 0) is 9.53 Å². The van der Waals surface area contributed by atoms with Gasteiger partial charge in [0.25, 0.3) is 0 Å². The summed E-state index contributed by atoms with van der Waals surface area (Å²) >= 11 is 1.68. The van der Waals surface area contributed by atoms with E-state index < -0.39 is 5.97 Å². The monoisotopic (exact) mass is 358 g/mol. The van der Waals surface area contributed by atoms with Crippen molar-refractivity contribution in [3.05, 3.63) is 52.2 Å². The van der Waals surface area contributed by atoms with E-state index in [9.17, 15) is 9.59 Å². The van der Waals surface area contributed by atoms with E-state index in [0.29, 0.717) is 23.8 Å². The van der Waals surface area contributed by atoms with Crippen LogP contribution in [0.3, 0.4) is 0 Å². The third-order valence-corrected chi connectivity index (χ3v) is 5.38. The Labute approximate surface area is 151 Å². The quantitative estimate of drug-likeness (QED) is 0.769. The maximum atomic E-state index is 12.8. The van der Waals surface area contributed by atoms with E-state index in [2.05, 4.69) is 21.7 Å². The van der Waals surface area contributed by atoms with Crippen molar-refractivity contribution in [2.24, 2.45) is 0 Å². The highest BCUT2D eigenvalue weighted by Gasteiger charge is 2.29. The summed E-state index contributed by atoms with van der Waals surface area (Å²) in [6.07, 6.45) is 2.17. The van der Waals surface area contributed by atoms with Crippen LogP contribution in [0.1, 0.15) is 34.8 Å². The minimum Gasteiger partial charge on any atom is -0.465 e. The first kappa shape index (κ1) is 17.6. The zero-order chi connectivity index (χ0) is 17.8. The molecule has 3 rings (SSSR count). The van der Waals surface area contributed by atoms with Gasteiger partial charge in [0.2, 0.25) is 5.91 Å². The number of hydrogen-bond donors (Lipinski definition) is 0.